The van der Waals surface area contributed by atoms with Crippen molar-refractivity contribution in [1.82, 2.24) is 0 Å². The van der Waals surface area contributed by atoms with E-state index in [1.165, 1.54) is 12.5 Å². The second kappa shape index (κ2) is 11.3. The van der Waals surface area contributed by atoms with E-state index < -0.39 is 18.0 Å². The first-order chi connectivity index (χ1) is 20.5. The van der Waals surface area contributed by atoms with E-state index in [9.17, 15) is 14.7 Å². The van der Waals surface area contributed by atoms with Crippen molar-refractivity contribution >= 4 is 17.9 Å². The Morgan fingerprint density at radius 1 is 1.09 bits per heavy atom. The van der Waals surface area contributed by atoms with Crippen LogP contribution in [0.5, 0.6) is 0 Å². The standard InChI is InChI=1S/C35H57N3O6/c1-20(2)21(3)31(5)13-14-33(7)23-9-10-26-32(6)18-42-19-35(26,24(23)11-12-34(33,8)27(31)29(40)41)17-25(44-22(4)39)28(32)43-16-15-38-30(36)37/h11,20-21,23,25-28H,9-10,12-19H2,1-8H3,(H,40,41)(H4,36,37,38)/t21-,23+,25-,26+,27-,28+,31-,32-,33-,34+,35+/m1/s1. The lowest BCUT2D eigenvalue weighted by Gasteiger charge is -2.71. The predicted octanol–water partition coefficient (Wildman–Crippen LogP) is 5.17. The van der Waals surface area contributed by atoms with Crippen molar-refractivity contribution in [3.8, 4) is 0 Å². The number of aliphatic imine (C=N–C) groups is 1. The van der Waals surface area contributed by atoms with Gasteiger partial charge in [-0.1, -0.05) is 60.1 Å². The van der Waals surface area contributed by atoms with Crippen LogP contribution in [0.3, 0.4) is 0 Å². The first-order valence-electron chi connectivity index (χ1n) is 16.8. The molecule has 1 heterocycles. The molecule has 11 atom stereocenters. The number of nitrogens with zero attached hydrogens (tertiary/aromatic N) is 1. The summed E-state index contributed by atoms with van der Waals surface area (Å²) >= 11 is 0. The van der Waals surface area contributed by atoms with Crippen molar-refractivity contribution in [2.75, 3.05) is 26.4 Å². The molecule has 9 heteroatoms. The molecule has 5 N–H and O–H groups in total. The molecule has 0 aromatic carbocycles. The molecule has 248 valence electrons. The molecule has 3 saturated carbocycles. The lowest BCUT2D eigenvalue weighted by molar-refractivity contribution is -0.266. The monoisotopic (exact) mass is 615 g/mol. The smallest absolute Gasteiger partial charge is 0.307 e. The molecule has 0 aromatic heterocycles. The van der Waals surface area contributed by atoms with Crippen LogP contribution in [-0.2, 0) is 23.8 Å². The highest BCUT2D eigenvalue weighted by atomic mass is 16.6. The quantitative estimate of drug-likeness (QED) is 0.112. The number of aliphatic carboxylic acids is 1. The maximum Gasteiger partial charge on any atom is 0.307 e. The third-order valence-corrected chi connectivity index (χ3v) is 14.1. The second-order valence-corrected chi connectivity index (χ2v) is 16.3. The number of allylic oxidation sites excluding steroid dienone is 1. The molecule has 0 spiro atoms. The normalized spacial score (nSPS) is 45.2. The van der Waals surface area contributed by atoms with Gasteiger partial charge in [0.1, 0.15) is 12.2 Å². The van der Waals surface area contributed by atoms with Gasteiger partial charge >= 0.3 is 11.9 Å². The van der Waals surface area contributed by atoms with Crippen molar-refractivity contribution in [1.29, 1.82) is 0 Å². The minimum absolute atomic E-state index is 0.0230. The van der Waals surface area contributed by atoms with Gasteiger partial charge in [-0.3, -0.25) is 14.6 Å². The number of nitrogens with two attached hydrogens (primary N) is 2. The lowest BCUT2D eigenvalue weighted by atomic mass is 9.34. The largest absolute Gasteiger partial charge is 0.481 e. The Morgan fingerprint density at radius 2 is 1.80 bits per heavy atom. The molecule has 2 bridgehead atoms. The Morgan fingerprint density at radius 3 is 2.41 bits per heavy atom. The van der Waals surface area contributed by atoms with Gasteiger partial charge in [0, 0.05) is 17.8 Å². The van der Waals surface area contributed by atoms with E-state index in [0.29, 0.717) is 50.5 Å². The summed E-state index contributed by atoms with van der Waals surface area (Å²) in [6.45, 7) is 19.1. The summed E-state index contributed by atoms with van der Waals surface area (Å²) in [5.41, 5.74) is 11.0. The fourth-order valence-electron chi connectivity index (χ4n) is 11.5. The average molecular weight is 616 g/mol. The number of carbonyl (C=O) groups excluding carboxylic acids is 1. The number of esters is 1. The lowest BCUT2D eigenvalue weighted by Crippen LogP contribution is -2.70. The van der Waals surface area contributed by atoms with Gasteiger partial charge in [0.2, 0.25) is 0 Å². The van der Waals surface area contributed by atoms with Crippen LogP contribution in [0.2, 0.25) is 0 Å². The van der Waals surface area contributed by atoms with Gasteiger partial charge in [-0.2, -0.15) is 0 Å². The molecular formula is C35H57N3O6. The molecule has 44 heavy (non-hydrogen) atoms. The van der Waals surface area contributed by atoms with Crippen molar-refractivity contribution in [3.05, 3.63) is 11.6 Å². The van der Waals surface area contributed by atoms with Gasteiger partial charge in [-0.25, -0.2) is 0 Å². The highest BCUT2D eigenvalue weighted by molar-refractivity contribution is 5.75. The predicted molar refractivity (Wildman–Crippen MR) is 170 cm³/mol. The van der Waals surface area contributed by atoms with Crippen molar-refractivity contribution in [2.24, 2.45) is 73.1 Å². The molecule has 0 aromatic rings. The van der Waals surface area contributed by atoms with Crippen molar-refractivity contribution < 1.29 is 28.9 Å². The zero-order chi connectivity index (χ0) is 32.5. The van der Waals surface area contributed by atoms with Gasteiger partial charge in [0.15, 0.2) is 5.96 Å². The van der Waals surface area contributed by atoms with E-state index >= 15 is 0 Å². The maximum absolute atomic E-state index is 13.3. The molecule has 0 radical (unpaired) electrons. The van der Waals surface area contributed by atoms with Crippen LogP contribution in [0.4, 0.5) is 0 Å². The molecule has 1 aliphatic heterocycles. The fourth-order valence-corrected chi connectivity index (χ4v) is 11.5. The second-order valence-electron chi connectivity index (χ2n) is 16.3. The number of carboxylic acid groups (broad SMARTS) is 1. The van der Waals surface area contributed by atoms with E-state index in [4.69, 9.17) is 25.7 Å². The number of ether oxygens (including phenoxy) is 3. The van der Waals surface area contributed by atoms with Crippen molar-refractivity contribution in [2.45, 2.75) is 106 Å². The van der Waals surface area contributed by atoms with Crippen LogP contribution < -0.4 is 11.5 Å². The summed E-state index contributed by atoms with van der Waals surface area (Å²) in [6.07, 6.45) is 6.95. The van der Waals surface area contributed by atoms with Gasteiger partial charge in [0.25, 0.3) is 0 Å². The van der Waals surface area contributed by atoms with Crippen LogP contribution >= 0.6 is 0 Å². The molecule has 4 aliphatic carbocycles. The summed E-state index contributed by atoms with van der Waals surface area (Å²) in [7, 11) is 0. The SMILES string of the molecule is CC(=O)O[C@@H]1C[C@@]23COC[C@](C)([C@@H]2CC[C@H]2C3=CC[C@@]3(C)[C@H](C(=O)O)[C@@](C)([C@H](C)C(C)C)CC[C@]23C)[C@H]1OCCN=C(N)N. The molecule has 4 fully saturated rings. The van der Waals surface area contributed by atoms with E-state index in [1.807, 2.05) is 0 Å². The van der Waals surface area contributed by atoms with E-state index in [1.54, 1.807) is 0 Å². The first kappa shape index (κ1) is 33.2. The summed E-state index contributed by atoms with van der Waals surface area (Å²) in [4.78, 5) is 29.8. The maximum atomic E-state index is 13.3. The van der Waals surface area contributed by atoms with Crippen LogP contribution in [-0.4, -0.2) is 61.6 Å². The Hall–Kier alpha value is -2.13. The Labute approximate surface area is 263 Å². The van der Waals surface area contributed by atoms with E-state index in [2.05, 4.69) is 59.5 Å². The van der Waals surface area contributed by atoms with E-state index in [0.717, 1.165) is 32.1 Å². The molecule has 1 saturated heterocycles. The van der Waals surface area contributed by atoms with Crippen LogP contribution in [0.15, 0.2) is 16.6 Å². The number of carbonyl (C=O) groups is 2. The Balaban J connectivity index is 1.56. The summed E-state index contributed by atoms with van der Waals surface area (Å²) < 4.78 is 19.1. The zero-order valence-corrected chi connectivity index (χ0v) is 28.3. The summed E-state index contributed by atoms with van der Waals surface area (Å²) in [5.74, 6) is -0.130. The highest BCUT2D eigenvalue weighted by Gasteiger charge is 2.72. The molecular weight excluding hydrogens is 558 g/mol. The molecule has 5 aliphatic rings. The summed E-state index contributed by atoms with van der Waals surface area (Å²) in [5, 5.41) is 10.9. The number of fused-ring (bicyclic) bond motifs is 3. The fraction of sp³-hybridized carbons (Fsp3) is 0.857. The average Bonchev–Trinajstić information content (AvgIpc) is 2.91. The number of rotatable bonds is 8. The van der Waals surface area contributed by atoms with Crippen LogP contribution in [0, 0.1) is 56.7 Å². The molecule has 0 unspecified atom stereocenters. The number of hydrogen-bond acceptors (Lipinski definition) is 6. The van der Waals surface area contributed by atoms with Gasteiger partial charge in [0.05, 0.1) is 32.3 Å². The molecule has 9 nitrogen and oxygen atoms in total. The number of carboxylic acids is 1. The molecule has 0 amide bonds. The number of hydrogen-bond donors (Lipinski definition) is 3. The molecule has 5 rings (SSSR count). The summed E-state index contributed by atoms with van der Waals surface area (Å²) in [6, 6.07) is 0. The van der Waals surface area contributed by atoms with Crippen LogP contribution in [0.25, 0.3) is 0 Å². The van der Waals surface area contributed by atoms with Crippen LogP contribution in [0.1, 0.15) is 93.9 Å². The number of guanidine groups is 1. The first-order valence-corrected chi connectivity index (χ1v) is 16.8. The highest BCUT2D eigenvalue weighted by Crippen LogP contribution is 2.75. The van der Waals surface area contributed by atoms with Crippen molar-refractivity contribution in [3.63, 3.8) is 0 Å². The third-order valence-electron chi connectivity index (χ3n) is 14.1. The van der Waals surface area contributed by atoms with Gasteiger partial charge < -0.3 is 30.8 Å². The van der Waals surface area contributed by atoms with Gasteiger partial charge in [-0.05, 0) is 78.4 Å². The Bertz CT molecular complexity index is 1210. The van der Waals surface area contributed by atoms with Gasteiger partial charge in [-0.15, -0.1) is 0 Å². The minimum Gasteiger partial charge on any atom is -0.481 e. The minimum atomic E-state index is -0.654. The topological polar surface area (TPSA) is 146 Å². The zero-order valence-electron chi connectivity index (χ0n) is 28.3. The Kier molecular flexibility index (Phi) is 8.53. The van der Waals surface area contributed by atoms with E-state index in [-0.39, 0.29) is 51.0 Å². The third kappa shape index (κ3) is 4.73.